The molecule has 1 amide bonds. The minimum Gasteiger partial charge on any atom is -0.481 e. The first-order valence-corrected chi connectivity index (χ1v) is 21.6. The number of allylic oxidation sites excluding steroid dienone is 2. The molecule has 2 aromatic rings. The maximum atomic E-state index is 14.1. The van der Waals surface area contributed by atoms with Gasteiger partial charge in [0.25, 0.3) is 0 Å². The van der Waals surface area contributed by atoms with Gasteiger partial charge in [0.2, 0.25) is 5.91 Å². The Morgan fingerprint density at radius 3 is 2.82 bits per heavy atom. The van der Waals surface area contributed by atoms with Crippen molar-refractivity contribution >= 4 is 44.4 Å². The molecule has 6 unspecified atom stereocenters. The van der Waals surface area contributed by atoms with E-state index in [1.54, 1.807) is 53.6 Å². The minimum absolute atomic E-state index is 0.0788. The number of esters is 1. The van der Waals surface area contributed by atoms with Crippen LogP contribution in [-0.2, 0) is 27.2 Å². The normalized spacial score (nSPS) is 28.6. The molecule has 14 heteroatoms. The first kappa shape index (κ1) is 39.5. The monoisotopic (exact) mass is 792 g/mol. The maximum Gasteiger partial charge on any atom is 0.339 e. The Labute approximate surface area is 329 Å². The summed E-state index contributed by atoms with van der Waals surface area (Å²) in [5.74, 6) is 1.82. The second-order valence-corrected chi connectivity index (χ2v) is 18.2. The topological polar surface area (TPSA) is 177 Å². The smallest absolute Gasteiger partial charge is 0.339 e. The van der Waals surface area contributed by atoms with E-state index in [-0.39, 0.29) is 43.9 Å². The number of nitrogens with two attached hydrogens (primary N) is 1. The molecule has 0 bridgehead atoms. The molecule has 296 valence electrons. The lowest BCUT2D eigenvalue weighted by atomic mass is 9.61. The Kier molecular flexibility index (Phi) is 11.5. The average Bonchev–Trinajstić information content (AvgIpc) is 3.52. The summed E-state index contributed by atoms with van der Waals surface area (Å²) < 4.78 is 19.7. The van der Waals surface area contributed by atoms with Gasteiger partial charge in [-0.05, 0) is 81.5 Å². The summed E-state index contributed by atoms with van der Waals surface area (Å²) in [5, 5.41) is 26.6. The van der Waals surface area contributed by atoms with E-state index in [4.69, 9.17) is 19.6 Å². The maximum absolute atomic E-state index is 14.1. The zero-order valence-corrected chi connectivity index (χ0v) is 33.6. The average molecular weight is 793 g/mol. The highest BCUT2D eigenvalue weighted by molar-refractivity contribution is 8.76. The van der Waals surface area contributed by atoms with Crippen LogP contribution in [0.2, 0.25) is 0 Å². The third-order valence-electron chi connectivity index (χ3n) is 12.2. The van der Waals surface area contributed by atoms with Crippen molar-refractivity contribution < 1.29 is 33.7 Å². The number of aliphatic hydroxyl groups excluding tert-OH is 2. The number of hydrogen-bond acceptors (Lipinski definition) is 13. The molecule has 5 heterocycles. The molecule has 6 N–H and O–H groups in total. The Morgan fingerprint density at radius 2 is 2.07 bits per heavy atom. The summed E-state index contributed by atoms with van der Waals surface area (Å²) in [6.45, 7) is 7.19. The number of hydrogen-bond donors (Lipinski definition) is 5. The molecule has 1 aliphatic carbocycles. The molecule has 0 radical (unpaired) electrons. The van der Waals surface area contributed by atoms with Crippen molar-refractivity contribution in [3.63, 3.8) is 0 Å². The fraction of sp³-hybridized carbons (Fsp3) is 0.537. The second kappa shape index (κ2) is 16.0. The van der Waals surface area contributed by atoms with Crippen molar-refractivity contribution in [2.24, 2.45) is 23.5 Å². The lowest BCUT2D eigenvalue weighted by Gasteiger charge is -2.53. The van der Waals surface area contributed by atoms with E-state index >= 15 is 0 Å². The van der Waals surface area contributed by atoms with Crippen molar-refractivity contribution in [1.29, 1.82) is 0 Å². The highest BCUT2D eigenvalue weighted by Gasteiger charge is 2.64. The number of carbonyl (C=O) groups is 2. The molecule has 12 nitrogen and oxygen atoms in total. The summed E-state index contributed by atoms with van der Waals surface area (Å²) >= 11 is 0. The predicted molar refractivity (Wildman–Crippen MR) is 215 cm³/mol. The van der Waals surface area contributed by atoms with Gasteiger partial charge in [0.05, 0.1) is 18.2 Å². The van der Waals surface area contributed by atoms with Gasteiger partial charge in [-0.25, -0.2) is 9.59 Å². The van der Waals surface area contributed by atoms with Gasteiger partial charge in [0.15, 0.2) is 11.2 Å². The Hall–Kier alpha value is -3.69. The number of dihydropyridines is 1. The third-order valence-corrected chi connectivity index (χ3v) is 14.6. The van der Waals surface area contributed by atoms with Crippen LogP contribution in [0.3, 0.4) is 0 Å². The molecule has 6 atom stereocenters. The first-order chi connectivity index (χ1) is 26.4. The lowest BCUT2D eigenvalue weighted by Crippen LogP contribution is -2.65. The Morgan fingerprint density at radius 1 is 1.25 bits per heavy atom. The van der Waals surface area contributed by atoms with E-state index in [9.17, 15) is 24.6 Å². The van der Waals surface area contributed by atoms with Crippen LogP contribution in [0.15, 0.2) is 73.8 Å². The van der Waals surface area contributed by atoms with Gasteiger partial charge in [-0.15, -0.1) is 0 Å². The largest absolute Gasteiger partial charge is 0.481 e. The van der Waals surface area contributed by atoms with Crippen LogP contribution in [0.1, 0.15) is 51.2 Å². The summed E-state index contributed by atoms with van der Waals surface area (Å²) in [6, 6.07) is 5.67. The Balaban J connectivity index is 1.36. The highest BCUT2D eigenvalue weighted by Crippen LogP contribution is 2.57. The molecular formula is C41H52N4O8S2. The molecular weight excluding hydrogens is 741 g/mol. The van der Waals surface area contributed by atoms with Crippen molar-refractivity contribution in [1.82, 2.24) is 15.5 Å². The SMILES string of the molecule is CC=C(C)C(=O)OC1(C)CC=C2CSSCC3C(CNC)CN3C(=O)CC3=C(C=C(N)NC3)C2C12Cc1cc3cc(CC(CO)CCO)c(=O)oc3cc1O2. The third kappa shape index (κ3) is 7.36. The molecule has 0 saturated carbocycles. The quantitative estimate of drug-likeness (QED) is 0.0817. The summed E-state index contributed by atoms with van der Waals surface area (Å²) in [5.41, 5.74) is 8.73. The van der Waals surface area contributed by atoms with Crippen LogP contribution < -0.4 is 26.7 Å². The van der Waals surface area contributed by atoms with Crippen LogP contribution in [0.4, 0.5) is 0 Å². The molecule has 1 fully saturated rings. The van der Waals surface area contributed by atoms with Crippen molar-refractivity contribution in [2.45, 2.75) is 70.1 Å². The summed E-state index contributed by atoms with van der Waals surface area (Å²) in [7, 11) is 5.49. The van der Waals surface area contributed by atoms with Crippen LogP contribution >= 0.6 is 21.6 Å². The molecule has 1 saturated heterocycles. The van der Waals surface area contributed by atoms with Gasteiger partial charge in [0, 0.05) is 91.7 Å². The van der Waals surface area contributed by atoms with E-state index in [0.717, 1.165) is 34.6 Å². The van der Waals surface area contributed by atoms with E-state index in [2.05, 4.69) is 16.7 Å². The molecule has 4 aliphatic heterocycles. The van der Waals surface area contributed by atoms with Crippen molar-refractivity contribution in [2.75, 3.05) is 51.4 Å². The van der Waals surface area contributed by atoms with Crippen molar-refractivity contribution in [3.8, 4) is 5.75 Å². The first-order valence-electron chi connectivity index (χ1n) is 19.1. The van der Waals surface area contributed by atoms with Crippen LogP contribution in [-0.4, -0.2) is 95.6 Å². The van der Waals surface area contributed by atoms with E-state index in [1.807, 2.05) is 31.0 Å². The van der Waals surface area contributed by atoms with Gasteiger partial charge < -0.3 is 45.4 Å². The number of ether oxygens (including phenoxy) is 2. The molecule has 5 aliphatic rings. The highest BCUT2D eigenvalue weighted by atomic mass is 33.1. The zero-order valence-electron chi connectivity index (χ0n) is 31.9. The van der Waals surface area contributed by atoms with E-state index in [1.165, 1.54) is 0 Å². The number of fused-ring (bicyclic) bond motifs is 6. The number of benzene rings is 1. The second-order valence-electron chi connectivity index (χ2n) is 15.7. The predicted octanol–water partition coefficient (Wildman–Crippen LogP) is 3.75. The number of carbonyl (C=O) groups excluding carboxylic acids is 2. The van der Waals surface area contributed by atoms with Gasteiger partial charge >= 0.3 is 11.6 Å². The van der Waals surface area contributed by atoms with Gasteiger partial charge in [-0.3, -0.25) is 4.79 Å². The summed E-state index contributed by atoms with van der Waals surface area (Å²) in [6.07, 6.45) is 7.45. The fourth-order valence-corrected chi connectivity index (χ4v) is 11.4. The molecule has 7 rings (SSSR count). The number of amides is 1. The van der Waals surface area contributed by atoms with Crippen LogP contribution in [0.25, 0.3) is 11.0 Å². The van der Waals surface area contributed by atoms with E-state index < -0.39 is 28.7 Å². The van der Waals surface area contributed by atoms with E-state index in [0.29, 0.717) is 77.7 Å². The standard InChI is InChI=1S/C41H52N4O8S2/c1-5-23(2)38(49)53-40(3)8-6-25-21-54-55-22-32-30(17-43-4)19-45(32)36(48)13-29-18-44-35(42)14-31(29)37(25)41(40)16-28-12-26-11-27(10-24(20-47)7-9-46)39(50)51-33(26)15-34(28)52-41/h5-6,11-12,14-15,24,30,32,37,43-44,46-47H,7-10,13,16-22,42H2,1-4H3. The summed E-state index contributed by atoms with van der Waals surface area (Å²) in [4.78, 5) is 43.0. The van der Waals surface area contributed by atoms with Crippen LogP contribution in [0.5, 0.6) is 5.75 Å². The lowest BCUT2D eigenvalue weighted by molar-refractivity contribution is -0.186. The fourth-order valence-electron chi connectivity index (χ4n) is 8.88. The van der Waals surface area contributed by atoms with Gasteiger partial charge in [-0.2, -0.15) is 0 Å². The molecule has 1 aromatic heterocycles. The molecule has 55 heavy (non-hydrogen) atoms. The number of nitrogens with zero attached hydrogens (tertiary/aromatic N) is 1. The zero-order chi connectivity index (χ0) is 39.1. The number of aliphatic hydroxyl groups is 2. The molecule has 1 spiro atoms. The Bertz CT molecular complexity index is 2040. The van der Waals surface area contributed by atoms with Gasteiger partial charge in [-0.1, -0.05) is 39.3 Å². The van der Waals surface area contributed by atoms with Crippen molar-refractivity contribution in [3.05, 3.63) is 86.1 Å². The number of nitrogens with one attached hydrogen (secondary N) is 2. The molecule has 1 aromatic carbocycles. The van der Waals surface area contributed by atoms with Gasteiger partial charge in [0.1, 0.15) is 11.3 Å². The minimum atomic E-state index is -1.17. The number of rotatable bonds is 9. The van der Waals surface area contributed by atoms with Crippen LogP contribution in [0, 0.1) is 17.8 Å².